The van der Waals surface area contributed by atoms with E-state index in [1.807, 2.05) is 0 Å². The number of carbonyl (C=O) groups is 2. The SMILES string of the molecule is Cn1nnc2ccc(C(=O)N(CCC(N)=O)c3ccc(F)cc3)cc21. The van der Waals surface area contributed by atoms with Gasteiger partial charge in [0.25, 0.3) is 5.91 Å². The highest BCUT2D eigenvalue weighted by atomic mass is 19.1. The highest BCUT2D eigenvalue weighted by Gasteiger charge is 2.19. The second kappa shape index (κ2) is 6.68. The topological polar surface area (TPSA) is 94.1 Å². The van der Waals surface area contributed by atoms with Gasteiger partial charge in [0.05, 0.1) is 5.52 Å². The predicted octanol–water partition coefficient (Wildman–Crippen LogP) is 1.63. The van der Waals surface area contributed by atoms with Crippen molar-refractivity contribution in [3.05, 3.63) is 53.8 Å². The van der Waals surface area contributed by atoms with Crippen LogP contribution in [0.15, 0.2) is 42.5 Å². The van der Waals surface area contributed by atoms with Gasteiger partial charge < -0.3 is 10.6 Å². The fourth-order valence-corrected chi connectivity index (χ4v) is 2.51. The molecule has 128 valence electrons. The molecule has 25 heavy (non-hydrogen) atoms. The van der Waals surface area contributed by atoms with Crippen molar-refractivity contribution < 1.29 is 14.0 Å². The fraction of sp³-hybridized carbons (Fsp3) is 0.176. The molecule has 0 aliphatic rings. The Kier molecular flexibility index (Phi) is 4.42. The number of primary amides is 1. The minimum atomic E-state index is -0.522. The van der Waals surface area contributed by atoms with Crippen LogP contribution in [0.5, 0.6) is 0 Å². The molecule has 0 radical (unpaired) electrons. The highest BCUT2D eigenvalue weighted by molar-refractivity contribution is 6.07. The zero-order chi connectivity index (χ0) is 18.0. The molecule has 0 unspecified atom stereocenters. The van der Waals surface area contributed by atoms with Crippen molar-refractivity contribution in [1.29, 1.82) is 0 Å². The molecule has 0 spiro atoms. The van der Waals surface area contributed by atoms with Gasteiger partial charge in [-0.3, -0.25) is 9.59 Å². The number of benzene rings is 2. The van der Waals surface area contributed by atoms with Crippen LogP contribution in [0.3, 0.4) is 0 Å². The number of rotatable bonds is 5. The Morgan fingerprint density at radius 1 is 1.20 bits per heavy atom. The Balaban J connectivity index is 1.97. The Labute approximate surface area is 142 Å². The maximum Gasteiger partial charge on any atom is 0.258 e. The van der Waals surface area contributed by atoms with Crippen molar-refractivity contribution in [2.45, 2.75) is 6.42 Å². The average Bonchev–Trinajstić information content (AvgIpc) is 2.97. The van der Waals surface area contributed by atoms with Crippen LogP contribution >= 0.6 is 0 Å². The van der Waals surface area contributed by atoms with Gasteiger partial charge in [-0.25, -0.2) is 9.07 Å². The summed E-state index contributed by atoms with van der Waals surface area (Å²) in [5.74, 6) is -1.25. The summed E-state index contributed by atoms with van der Waals surface area (Å²) in [6.45, 7) is 0.0987. The summed E-state index contributed by atoms with van der Waals surface area (Å²) in [5.41, 5.74) is 7.48. The number of aryl methyl sites for hydroxylation is 1. The Morgan fingerprint density at radius 3 is 2.60 bits per heavy atom. The van der Waals surface area contributed by atoms with E-state index in [1.54, 1.807) is 29.9 Å². The number of aromatic nitrogens is 3. The minimum absolute atomic E-state index is 0.00136. The van der Waals surface area contributed by atoms with E-state index in [4.69, 9.17) is 5.73 Å². The van der Waals surface area contributed by atoms with Crippen LogP contribution in [0.2, 0.25) is 0 Å². The number of halogens is 1. The lowest BCUT2D eigenvalue weighted by Crippen LogP contribution is -2.34. The van der Waals surface area contributed by atoms with Gasteiger partial charge in [-0.15, -0.1) is 5.10 Å². The van der Waals surface area contributed by atoms with Gasteiger partial charge in [0.1, 0.15) is 11.3 Å². The first-order chi connectivity index (χ1) is 12.0. The molecule has 7 nitrogen and oxygen atoms in total. The standard InChI is InChI=1S/C17H16FN5O2/c1-22-15-10-11(2-7-14(15)20-21-22)17(25)23(9-8-16(19)24)13-5-3-12(18)4-6-13/h2-7,10H,8-9H2,1H3,(H2,19,24). The molecule has 8 heteroatoms. The van der Waals surface area contributed by atoms with Gasteiger partial charge in [-0.2, -0.15) is 0 Å². The van der Waals surface area contributed by atoms with E-state index in [9.17, 15) is 14.0 Å². The normalized spacial score (nSPS) is 10.8. The van der Waals surface area contributed by atoms with E-state index in [2.05, 4.69) is 10.3 Å². The van der Waals surface area contributed by atoms with Crippen molar-refractivity contribution in [3.8, 4) is 0 Å². The summed E-state index contributed by atoms with van der Waals surface area (Å²) in [6.07, 6.45) is -0.00136. The molecule has 0 saturated heterocycles. The van der Waals surface area contributed by atoms with Crippen LogP contribution in [0.25, 0.3) is 11.0 Å². The third-order valence-electron chi connectivity index (χ3n) is 3.82. The molecule has 2 N–H and O–H groups in total. The smallest absolute Gasteiger partial charge is 0.258 e. The van der Waals surface area contributed by atoms with Crippen molar-refractivity contribution >= 4 is 28.5 Å². The number of hydrogen-bond donors (Lipinski definition) is 1. The quantitative estimate of drug-likeness (QED) is 0.763. The first kappa shape index (κ1) is 16.6. The van der Waals surface area contributed by atoms with Gasteiger partial charge in [0.15, 0.2) is 0 Å². The molecular formula is C17H16FN5O2. The number of carbonyl (C=O) groups excluding carboxylic acids is 2. The zero-order valence-corrected chi connectivity index (χ0v) is 13.5. The molecule has 0 atom stereocenters. The van der Waals surface area contributed by atoms with Gasteiger partial charge in [0.2, 0.25) is 5.91 Å². The van der Waals surface area contributed by atoms with Crippen LogP contribution < -0.4 is 10.6 Å². The van der Waals surface area contributed by atoms with E-state index < -0.39 is 11.7 Å². The number of nitrogens with two attached hydrogens (primary N) is 1. The number of fused-ring (bicyclic) bond motifs is 1. The van der Waals surface area contributed by atoms with E-state index in [-0.39, 0.29) is 18.9 Å². The van der Waals surface area contributed by atoms with Crippen molar-refractivity contribution in [3.63, 3.8) is 0 Å². The third kappa shape index (κ3) is 3.47. The van der Waals surface area contributed by atoms with Gasteiger partial charge in [-0.05, 0) is 42.5 Å². The van der Waals surface area contributed by atoms with Gasteiger partial charge in [-0.1, -0.05) is 5.21 Å². The number of nitrogens with zero attached hydrogens (tertiary/aromatic N) is 4. The summed E-state index contributed by atoms with van der Waals surface area (Å²) < 4.78 is 14.7. The zero-order valence-electron chi connectivity index (χ0n) is 13.5. The average molecular weight is 341 g/mol. The molecule has 2 aromatic carbocycles. The largest absolute Gasteiger partial charge is 0.370 e. The molecule has 3 aromatic rings. The summed E-state index contributed by atoms with van der Waals surface area (Å²) in [5, 5.41) is 7.88. The summed E-state index contributed by atoms with van der Waals surface area (Å²) in [7, 11) is 1.73. The fourth-order valence-electron chi connectivity index (χ4n) is 2.51. The van der Waals surface area contributed by atoms with Crippen LogP contribution in [0.1, 0.15) is 16.8 Å². The summed E-state index contributed by atoms with van der Waals surface area (Å²) in [4.78, 5) is 25.5. The number of hydrogen-bond acceptors (Lipinski definition) is 4. The first-order valence-electron chi connectivity index (χ1n) is 7.61. The first-order valence-corrected chi connectivity index (χ1v) is 7.61. The molecule has 1 heterocycles. The maximum atomic E-state index is 13.2. The van der Waals surface area contributed by atoms with Crippen LogP contribution in [0.4, 0.5) is 10.1 Å². The summed E-state index contributed by atoms with van der Waals surface area (Å²) >= 11 is 0. The van der Waals surface area contributed by atoms with Crippen LogP contribution in [-0.4, -0.2) is 33.4 Å². The van der Waals surface area contributed by atoms with Gasteiger partial charge in [0, 0.05) is 31.3 Å². The molecule has 0 bridgehead atoms. The second-order valence-electron chi connectivity index (χ2n) is 5.57. The van der Waals surface area contributed by atoms with Crippen LogP contribution in [0, 0.1) is 5.82 Å². The summed E-state index contributed by atoms with van der Waals surface area (Å²) in [6, 6.07) is 10.5. The Morgan fingerprint density at radius 2 is 1.92 bits per heavy atom. The molecule has 0 fully saturated rings. The van der Waals surface area contributed by atoms with Gasteiger partial charge >= 0.3 is 0 Å². The molecule has 1 aromatic heterocycles. The second-order valence-corrected chi connectivity index (χ2v) is 5.57. The Hall–Kier alpha value is -3.29. The molecule has 3 rings (SSSR count). The van der Waals surface area contributed by atoms with E-state index in [1.165, 1.54) is 29.2 Å². The molecular weight excluding hydrogens is 325 g/mol. The van der Waals surface area contributed by atoms with E-state index in [0.717, 1.165) is 0 Å². The lowest BCUT2D eigenvalue weighted by Gasteiger charge is -2.22. The minimum Gasteiger partial charge on any atom is -0.370 e. The van der Waals surface area contributed by atoms with E-state index in [0.29, 0.717) is 22.3 Å². The van der Waals surface area contributed by atoms with Crippen molar-refractivity contribution in [2.75, 3.05) is 11.4 Å². The molecule has 0 aliphatic heterocycles. The monoisotopic (exact) mass is 341 g/mol. The third-order valence-corrected chi connectivity index (χ3v) is 3.82. The molecule has 2 amide bonds. The van der Waals surface area contributed by atoms with E-state index >= 15 is 0 Å². The Bertz CT molecular complexity index is 936. The molecule has 0 aliphatic carbocycles. The highest BCUT2D eigenvalue weighted by Crippen LogP contribution is 2.20. The lowest BCUT2D eigenvalue weighted by molar-refractivity contribution is -0.117. The number of anilines is 1. The number of amides is 2. The van der Waals surface area contributed by atoms with Crippen LogP contribution in [-0.2, 0) is 11.8 Å². The predicted molar refractivity (Wildman–Crippen MR) is 90.4 cm³/mol. The molecule has 0 saturated carbocycles. The van der Waals surface area contributed by atoms with Crippen molar-refractivity contribution in [1.82, 2.24) is 15.0 Å². The van der Waals surface area contributed by atoms with Crippen molar-refractivity contribution in [2.24, 2.45) is 12.8 Å². The lowest BCUT2D eigenvalue weighted by atomic mass is 10.1. The maximum absolute atomic E-state index is 13.2.